The number of esters is 1. The molecular formula is C16H18ClN5O3. The lowest BCUT2D eigenvalue weighted by Crippen LogP contribution is -2.49. The predicted octanol–water partition coefficient (Wildman–Crippen LogP) is 1.13. The molecule has 1 amide bonds. The standard InChI is InChI=1S/C16H18ClN5O3/c1-25-16(24)14-18-10-22(19-14)11-20-6-8-21(9-7-20)15(23)12-2-4-13(17)5-3-12/h2-5,10H,6-9,11H2,1H3. The number of methoxy groups -OCH3 is 1. The lowest BCUT2D eigenvalue weighted by Gasteiger charge is -2.34. The first-order valence-electron chi connectivity index (χ1n) is 7.82. The molecule has 3 rings (SSSR count). The molecule has 2 aromatic rings. The molecule has 1 aromatic heterocycles. The molecule has 2 heterocycles. The van der Waals surface area contributed by atoms with Gasteiger partial charge in [-0.2, -0.15) is 0 Å². The highest BCUT2D eigenvalue weighted by atomic mass is 35.5. The number of rotatable bonds is 4. The predicted molar refractivity (Wildman–Crippen MR) is 90.3 cm³/mol. The largest absolute Gasteiger partial charge is 0.463 e. The van der Waals surface area contributed by atoms with Crippen molar-refractivity contribution in [1.82, 2.24) is 24.6 Å². The van der Waals surface area contributed by atoms with Crippen molar-refractivity contribution in [2.45, 2.75) is 6.67 Å². The summed E-state index contributed by atoms with van der Waals surface area (Å²) in [6.45, 7) is 3.19. The van der Waals surface area contributed by atoms with Gasteiger partial charge < -0.3 is 9.64 Å². The van der Waals surface area contributed by atoms with Gasteiger partial charge in [-0.05, 0) is 24.3 Å². The van der Waals surface area contributed by atoms with Crippen molar-refractivity contribution in [1.29, 1.82) is 0 Å². The number of nitrogens with zero attached hydrogens (tertiary/aromatic N) is 5. The Hall–Kier alpha value is -2.45. The van der Waals surface area contributed by atoms with Gasteiger partial charge in [0.15, 0.2) is 0 Å². The number of carbonyl (C=O) groups excluding carboxylic acids is 2. The zero-order valence-electron chi connectivity index (χ0n) is 13.8. The first-order valence-corrected chi connectivity index (χ1v) is 8.19. The second-order valence-corrected chi connectivity index (χ2v) is 6.09. The zero-order chi connectivity index (χ0) is 17.8. The average molecular weight is 364 g/mol. The first-order chi connectivity index (χ1) is 12.1. The van der Waals surface area contributed by atoms with E-state index in [1.54, 1.807) is 28.9 Å². The number of piperazine rings is 1. The van der Waals surface area contributed by atoms with Crippen LogP contribution in [0.25, 0.3) is 0 Å². The lowest BCUT2D eigenvalue weighted by atomic mass is 10.2. The Morgan fingerprint density at radius 1 is 1.16 bits per heavy atom. The third-order valence-electron chi connectivity index (χ3n) is 4.00. The van der Waals surface area contributed by atoms with Crippen LogP contribution in [0.1, 0.15) is 21.0 Å². The van der Waals surface area contributed by atoms with Gasteiger partial charge >= 0.3 is 5.97 Å². The molecule has 1 aromatic carbocycles. The SMILES string of the molecule is COC(=O)c1ncn(CN2CCN(C(=O)c3ccc(Cl)cc3)CC2)n1. The van der Waals surface area contributed by atoms with Gasteiger partial charge in [0.2, 0.25) is 0 Å². The normalized spacial score (nSPS) is 15.2. The number of halogens is 1. The summed E-state index contributed by atoms with van der Waals surface area (Å²) in [5.41, 5.74) is 0.636. The number of benzene rings is 1. The number of aromatic nitrogens is 3. The summed E-state index contributed by atoms with van der Waals surface area (Å²) in [5.74, 6) is -0.513. The molecule has 0 unspecified atom stereocenters. The van der Waals surface area contributed by atoms with Crippen LogP contribution in [0.15, 0.2) is 30.6 Å². The van der Waals surface area contributed by atoms with E-state index >= 15 is 0 Å². The minimum Gasteiger partial charge on any atom is -0.463 e. The van der Waals surface area contributed by atoms with Crippen LogP contribution in [0.5, 0.6) is 0 Å². The number of carbonyl (C=O) groups is 2. The van der Waals surface area contributed by atoms with E-state index in [1.165, 1.54) is 13.4 Å². The van der Waals surface area contributed by atoms with Gasteiger partial charge in [0, 0.05) is 36.8 Å². The number of hydrogen-bond acceptors (Lipinski definition) is 6. The molecule has 9 heteroatoms. The van der Waals surface area contributed by atoms with Crippen molar-refractivity contribution in [2.75, 3.05) is 33.3 Å². The lowest BCUT2D eigenvalue weighted by molar-refractivity contribution is 0.0564. The minimum atomic E-state index is -0.558. The Morgan fingerprint density at radius 3 is 2.48 bits per heavy atom. The molecule has 8 nitrogen and oxygen atoms in total. The second kappa shape index (κ2) is 7.62. The molecule has 0 radical (unpaired) electrons. The summed E-state index contributed by atoms with van der Waals surface area (Å²) < 4.78 is 6.17. The van der Waals surface area contributed by atoms with Crippen LogP contribution < -0.4 is 0 Å². The van der Waals surface area contributed by atoms with Gasteiger partial charge in [-0.15, -0.1) is 5.10 Å². The fraction of sp³-hybridized carbons (Fsp3) is 0.375. The highest BCUT2D eigenvalue weighted by Crippen LogP contribution is 2.13. The molecule has 25 heavy (non-hydrogen) atoms. The fourth-order valence-corrected chi connectivity index (χ4v) is 2.75. The smallest absolute Gasteiger partial charge is 0.377 e. The Kier molecular flexibility index (Phi) is 5.30. The molecule has 1 aliphatic rings. The maximum atomic E-state index is 12.5. The quantitative estimate of drug-likeness (QED) is 0.758. The molecule has 0 spiro atoms. The van der Waals surface area contributed by atoms with E-state index in [1.807, 2.05) is 4.90 Å². The van der Waals surface area contributed by atoms with Crippen LogP contribution in [0.4, 0.5) is 0 Å². The highest BCUT2D eigenvalue weighted by molar-refractivity contribution is 6.30. The Labute approximate surface area is 149 Å². The maximum Gasteiger partial charge on any atom is 0.377 e. The summed E-state index contributed by atoms with van der Waals surface area (Å²) in [4.78, 5) is 31.7. The van der Waals surface area contributed by atoms with E-state index in [0.29, 0.717) is 43.4 Å². The van der Waals surface area contributed by atoms with E-state index in [2.05, 4.69) is 19.7 Å². The van der Waals surface area contributed by atoms with Crippen LogP contribution in [-0.2, 0) is 11.4 Å². The molecular weight excluding hydrogens is 346 g/mol. The number of amides is 1. The average Bonchev–Trinajstić information content (AvgIpc) is 3.10. The van der Waals surface area contributed by atoms with Gasteiger partial charge in [0.05, 0.1) is 13.8 Å². The van der Waals surface area contributed by atoms with Gasteiger partial charge in [-0.1, -0.05) is 11.6 Å². The van der Waals surface area contributed by atoms with Gasteiger partial charge in [-0.25, -0.2) is 14.5 Å². The Morgan fingerprint density at radius 2 is 1.84 bits per heavy atom. The van der Waals surface area contributed by atoms with Gasteiger partial charge in [-0.3, -0.25) is 9.69 Å². The molecule has 1 fully saturated rings. The maximum absolute atomic E-state index is 12.5. The molecule has 0 aliphatic carbocycles. The van der Waals surface area contributed by atoms with Gasteiger partial charge in [0.1, 0.15) is 6.33 Å². The van der Waals surface area contributed by atoms with Crippen LogP contribution in [0.3, 0.4) is 0 Å². The molecule has 1 saturated heterocycles. The topological polar surface area (TPSA) is 80.6 Å². The van der Waals surface area contributed by atoms with Crippen LogP contribution >= 0.6 is 11.6 Å². The third kappa shape index (κ3) is 4.15. The zero-order valence-corrected chi connectivity index (χ0v) is 14.5. The Balaban J connectivity index is 1.53. The van der Waals surface area contributed by atoms with Crippen molar-refractivity contribution < 1.29 is 14.3 Å². The van der Waals surface area contributed by atoms with Crippen LogP contribution in [-0.4, -0.2) is 69.7 Å². The fourth-order valence-electron chi connectivity index (χ4n) is 2.62. The van der Waals surface area contributed by atoms with E-state index < -0.39 is 5.97 Å². The summed E-state index contributed by atoms with van der Waals surface area (Å²) >= 11 is 5.85. The van der Waals surface area contributed by atoms with E-state index in [-0.39, 0.29) is 11.7 Å². The third-order valence-corrected chi connectivity index (χ3v) is 4.25. The summed E-state index contributed by atoms with van der Waals surface area (Å²) in [7, 11) is 1.29. The molecule has 1 aliphatic heterocycles. The molecule has 0 saturated carbocycles. The van der Waals surface area contributed by atoms with Crippen molar-refractivity contribution in [3.8, 4) is 0 Å². The molecule has 0 N–H and O–H groups in total. The summed E-state index contributed by atoms with van der Waals surface area (Å²) in [6.07, 6.45) is 1.50. The van der Waals surface area contributed by atoms with E-state index in [4.69, 9.17) is 11.6 Å². The van der Waals surface area contributed by atoms with E-state index in [0.717, 1.165) is 0 Å². The van der Waals surface area contributed by atoms with Crippen molar-refractivity contribution >= 4 is 23.5 Å². The molecule has 132 valence electrons. The van der Waals surface area contributed by atoms with Crippen molar-refractivity contribution in [3.63, 3.8) is 0 Å². The summed E-state index contributed by atoms with van der Waals surface area (Å²) in [5, 5.41) is 4.69. The van der Waals surface area contributed by atoms with Crippen molar-refractivity contribution in [3.05, 3.63) is 47.0 Å². The summed E-state index contributed by atoms with van der Waals surface area (Å²) in [6, 6.07) is 6.91. The Bertz CT molecular complexity index is 753. The van der Waals surface area contributed by atoms with E-state index in [9.17, 15) is 9.59 Å². The van der Waals surface area contributed by atoms with Gasteiger partial charge in [0.25, 0.3) is 11.7 Å². The number of hydrogen-bond donors (Lipinski definition) is 0. The highest BCUT2D eigenvalue weighted by Gasteiger charge is 2.22. The van der Waals surface area contributed by atoms with Crippen molar-refractivity contribution in [2.24, 2.45) is 0 Å². The number of ether oxygens (including phenoxy) is 1. The van der Waals surface area contributed by atoms with Crippen LogP contribution in [0, 0.1) is 0 Å². The molecule has 0 bridgehead atoms. The first kappa shape index (κ1) is 17.4. The second-order valence-electron chi connectivity index (χ2n) is 5.66. The monoisotopic (exact) mass is 363 g/mol. The molecule has 0 atom stereocenters. The van der Waals surface area contributed by atoms with Crippen LogP contribution in [0.2, 0.25) is 5.02 Å². The minimum absolute atomic E-state index is 0.00468.